The number of hydrogen-bond acceptors (Lipinski definition) is 3. The lowest BCUT2D eigenvalue weighted by Crippen LogP contribution is -2.50. The van der Waals surface area contributed by atoms with Gasteiger partial charge in [0.1, 0.15) is 0 Å². The summed E-state index contributed by atoms with van der Waals surface area (Å²) in [5.74, 6) is 1.00. The molecule has 0 saturated carbocycles. The van der Waals surface area contributed by atoms with Gasteiger partial charge in [-0.15, -0.1) is 0 Å². The van der Waals surface area contributed by atoms with Crippen LogP contribution >= 0.6 is 0 Å². The van der Waals surface area contributed by atoms with Crippen molar-refractivity contribution in [1.29, 1.82) is 0 Å². The second-order valence-corrected chi connectivity index (χ2v) is 7.78. The number of benzene rings is 1. The first-order valence-electron chi connectivity index (χ1n) is 9.09. The first-order valence-corrected chi connectivity index (χ1v) is 9.09. The van der Waals surface area contributed by atoms with Crippen LogP contribution in [-0.2, 0) is 0 Å². The quantitative estimate of drug-likeness (QED) is 0.811. The van der Waals surface area contributed by atoms with Gasteiger partial charge in [0.15, 0.2) is 0 Å². The Morgan fingerprint density at radius 2 is 2.00 bits per heavy atom. The number of piperidine rings is 1. The zero-order valence-electron chi connectivity index (χ0n) is 15.3. The molecular formula is C20H34N2O. The number of nitrogens with zero attached hydrogens (tertiary/aromatic N) is 1. The first-order chi connectivity index (χ1) is 11.0. The fourth-order valence-electron chi connectivity index (χ4n) is 3.73. The van der Waals surface area contributed by atoms with Crippen molar-refractivity contribution in [2.45, 2.75) is 46.1 Å². The van der Waals surface area contributed by atoms with Crippen LogP contribution in [0, 0.1) is 11.3 Å². The fraction of sp³-hybridized carbons (Fsp3) is 0.700. The Balaban J connectivity index is 2.02. The molecule has 0 bridgehead atoms. The van der Waals surface area contributed by atoms with E-state index in [-0.39, 0.29) is 12.0 Å². The zero-order valence-corrected chi connectivity index (χ0v) is 15.3. The minimum atomic E-state index is -0.123. The van der Waals surface area contributed by atoms with E-state index < -0.39 is 0 Å². The summed E-state index contributed by atoms with van der Waals surface area (Å²) in [5, 5.41) is 13.7. The van der Waals surface area contributed by atoms with Gasteiger partial charge in [-0.3, -0.25) is 0 Å². The lowest BCUT2D eigenvalue weighted by Gasteiger charge is -2.39. The van der Waals surface area contributed by atoms with Gasteiger partial charge in [-0.25, -0.2) is 0 Å². The minimum Gasteiger partial charge on any atom is -0.396 e. The molecule has 0 spiro atoms. The van der Waals surface area contributed by atoms with E-state index in [1.807, 2.05) is 0 Å². The van der Waals surface area contributed by atoms with Crippen molar-refractivity contribution in [3.05, 3.63) is 35.9 Å². The molecule has 1 aliphatic rings. The average molecular weight is 319 g/mol. The van der Waals surface area contributed by atoms with Crippen LogP contribution in [0.3, 0.4) is 0 Å². The van der Waals surface area contributed by atoms with Crippen LogP contribution in [0.4, 0.5) is 0 Å². The molecule has 3 heteroatoms. The molecule has 23 heavy (non-hydrogen) atoms. The van der Waals surface area contributed by atoms with E-state index in [2.05, 4.69) is 68.2 Å². The maximum absolute atomic E-state index is 9.85. The molecule has 2 N–H and O–H groups in total. The van der Waals surface area contributed by atoms with Crippen molar-refractivity contribution in [2.75, 3.05) is 32.8 Å². The van der Waals surface area contributed by atoms with E-state index in [1.165, 1.54) is 25.1 Å². The Hall–Kier alpha value is -0.900. The van der Waals surface area contributed by atoms with Crippen molar-refractivity contribution in [3.63, 3.8) is 0 Å². The van der Waals surface area contributed by atoms with Crippen LogP contribution in [0.1, 0.15) is 45.6 Å². The molecule has 0 aromatic heterocycles. The highest BCUT2D eigenvalue weighted by atomic mass is 16.3. The van der Waals surface area contributed by atoms with E-state index >= 15 is 0 Å². The monoisotopic (exact) mass is 318 g/mol. The van der Waals surface area contributed by atoms with Crippen LogP contribution in [0.15, 0.2) is 30.3 Å². The summed E-state index contributed by atoms with van der Waals surface area (Å²) in [5.41, 5.74) is 1.19. The summed E-state index contributed by atoms with van der Waals surface area (Å²) >= 11 is 0. The van der Waals surface area contributed by atoms with Crippen molar-refractivity contribution in [1.82, 2.24) is 10.2 Å². The summed E-state index contributed by atoms with van der Waals surface area (Å²) in [6.07, 6.45) is 1.22. The third kappa shape index (κ3) is 4.79. The van der Waals surface area contributed by atoms with Gasteiger partial charge in [0, 0.05) is 31.7 Å². The van der Waals surface area contributed by atoms with Crippen molar-refractivity contribution in [3.8, 4) is 0 Å². The lowest BCUT2D eigenvalue weighted by molar-refractivity contribution is 0.116. The van der Waals surface area contributed by atoms with Crippen LogP contribution < -0.4 is 5.32 Å². The molecule has 3 unspecified atom stereocenters. The van der Waals surface area contributed by atoms with Crippen molar-refractivity contribution in [2.24, 2.45) is 11.3 Å². The summed E-state index contributed by atoms with van der Waals surface area (Å²) in [6, 6.07) is 11.2. The normalized spacial score (nSPS) is 24.6. The van der Waals surface area contributed by atoms with Crippen molar-refractivity contribution < 1.29 is 5.11 Å². The smallest absolute Gasteiger partial charge is 0.0488 e. The van der Waals surface area contributed by atoms with Crippen LogP contribution in [0.2, 0.25) is 0 Å². The van der Waals surface area contributed by atoms with Gasteiger partial charge in [-0.2, -0.15) is 0 Å². The standard InChI is InChI=1S/C20H34N2O/c1-5-22-12-11-19(16(2)14-22)21-13-18(20(3,4)15-23)17-9-7-6-8-10-17/h6-10,16,18-19,21,23H,5,11-15H2,1-4H3. The first kappa shape index (κ1) is 18.4. The molecule has 0 aliphatic carbocycles. The van der Waals surface area contributed by atoms with E-state index in [9.17, 15) is 5.11 Å². The maximum atomic E-state index is 9.85. The molecule has 2 rings (SSSR count). The number of rotatable bonds is 7. The molecule has 1 heterocycles. The predicted octanol–water partition coefficient (Wildman–Crippen LogP) is 3.11. The lowest BCUT2D eigenvalue weighted by atomic mass is 9.75. The van der Waals surface area contributed by atoms with Gasteiger partial charge in [0.05, 0.1) is 0 Å². The highest BCUT2D eigenvalue weighted by molar-refractivity contribution is 5.22. The average Bonchev–Trinajstić information content (AvgIpc) is 2.57. The number of likely N-dealkylation sites (tertiary alicyclic amines) is 1. The SMILES string of the molecule is CCN1CCC(NCC(c2ccccc2)C(C)(C)CO)C(C)C1. The predicted molar refractivity (Wildman–Crippen MR) is 97.7 cm³/mol. The molecule has 0 radical (unpaired) electrons. The Morgan fingerprint density at radius 3 is 2.57 bits per heavy atom. The van der Waals surface area contributed by atoms with Gasteiger partial charge in [-0.1, -0.05) is 58.0 Å². The van der Waals surface area contributed by atoms with Gasteiger partial charge >= 0.3 is 0 Å². The van der Waals surface area contributed by atoms with Crippen molar-refractivity contribution >= 4 is 0 Å². The van der Waals surface area contributed by atoms with Gasteiger partial charge in [-0.05, 0) is 36.4 Å². The zero-order chi connectivity index (χ0) is 16.9. The van der Waals surface area contributed by atoms with Crippen LogP contribution in [0.25, 0.3) is 0 Å². The number of aliphatic hydroxyl groups is 1. The van der Waals surface area contributed by atoms with E-state index in [1.54, 1.807) is 0 Å². The Labute approximate surface area is 142 Å². The van der Waals surface area contributed by atoms with Gasteiger partial charge in [0.2, 0.25) is 0 Å². The highest BCUT2D eigenvalue weighted by Gasteiger charge is 2.32. The molecular weight excluding hydrogens is 284 g/mol. The Morgan fingerprint density at radius 1 is 1.30 bits per heavy atom. The third-order valence-corrected chi connectivity index (χ3v) is 5.57. The molecule has 0 amide bonds. The maximum Gasteiger partial charge on any atom is 0.0488 e. The summed E-state index contributed by atoms with van der Waals surface area (Å²) in [6.45, 7) is 13.6. The molecule has 3 atom stereocenters. The number of nitrogens with one attached hydrogen (secondary N) is 1. The van der Waals surface area contributed by atoms with Gasteiger partial charge in [0.25, 0.3) is 0 Å². The molecule has 1 saturated heterocycles. The largest absolute Gasteiger partial charge is 0.396 e. The second-order valence-electron chi connectivity index (χ2n) is 7.78. The Kier molecular flexibility index (Phi) is 6.63. The topological polar surface area (TPSA) is 35.5 Å². The molecule has 1 fully saturated rings. The fourth-order valence-corrected chi connectivity index (χ4v) is 3.73. The number of aliphatic hydroxyl groups excluding tert-OH is 1. The summed E-state index contributed by atoms with van der Waals surface area (Å²) < 4.78 is 0. The van der Waals surface area contributed by atoms with E-state index in [4.69, 9.17) is 0 Å². The van der Waals surface area contributed by atoms with E-state index in [0.717, 1.165) is 13.1 Å². The summed E-state index contributed by atoms with van der Waals surface area (Å²) in [7, 11) is 0. The van der Waals surface area contributed by atoms with Crippen LogP contribution in [-0.4, -0.2) is 48.8 Å². The molecule has 3 nitrogen and oxygen atoms in total. The molecule has 1 aromatic carbocycles. The Bertz CT molecular complexity index is 460. The molecule has 1 aliphatic heterocycles. The van der Waals surface area contributed by atoms with Gasteiger partial charge < -0.3 is 15.3 Å². The third-order valence-electron chi connectivity index (χ3n) is 5.57. The molecule has 130 valence electrons. The van der Waals surface area contributed by atoms with Crippen LogP contribution in [0.5, 0.6) is 0 Å². The summed E-state index contributed by atoms with van der Waals surface area (Å²) in [4.78, 5) is 2.54. The second kappa shape index (κ2) is 8.27. The highest BCUT2D eigenvalue weighted by Crippen LogP contribution is 2.35. The number of hydrogen-bond donors (Lipinski definition) is 2. The minimum absolute atomic E-state index is 0.123. The van der Waals surface area contributed by atoms with E-state index in [0.29, 0.717) is 17.9 Å². The molecule has 1 aromatic rings.